The number of aromatic nitrogens is 4. The Labute approximate surface area is 349 Å². The maximum Gasteiger partial charge on any atom is 0.410 e. The third kappa shape index (κ3) is 10.2. The number of ketones is 1. The molecule has 0 bridgehead atoms. The van der Waals surface area contributed by atoms with E-state index in [2.05, 4.69) is 27.5 Å². The molecule has 5 rings (SSSR count). The number of likely N-dealkylation sites (N-methyl/N-ethyl adjacent to an activating group) is 1. The van der Waals surface area contributed by atoms with Crippen molar-refractivity contribution in [2.24, 2.45) is 17.8 Å². The molecule has 3 aliphatic rings. The van der Waals surface area contributed by atoms with Gasteiger partial charge in [0.25, 0.3) is 0 Å². The number of esters is 1. The van der Waals surface area contributed by atoms with Crippen LogP contribution in [-0.4, -0.2) is 147 Å². The van der Waals surface area contributed by atoms with Crippen molar-refractivity contribution in [1.82, 2.24) is 35.1 Å². The standard InChI is InChI=1S/C42H68N8O9/c1-12-32-42(8)36(50(40(54)59-42)19-14-13-18-49-23-30(46-47-49)29-16-15-17-33(43)45-29)28(6)44-22-24(2)21-41(7,55-11)37(26(4)34(51)27(5)38(53)57-32)58-39-35(52)31(48(9)10)20-25(3)56-39/h15-17,23-28,31-32,35-37,39,44,52H,12-14,18-22H2,1-11H3,(H2,43,45)/t24-,25?,26+,27-,28-,31?,32-,35?,36-,37-,39+,41-,42-/m1/s1. The first kappa shape index (κ1) is 46.3. The lowest BCUT2D eigenvalue weighted by atomic mass is 9.78. The Bertz CT molecular complexity index is 1750. The molecule has 330 valence electrons. The lowest BCUT2D eigenvalue weighted by Gasteiger charge is -2.46. The van der Waals surface area contributed by atoms with Crippen molar-refractivity contribution in [3.8, 4) is 11.4 Å². The number of nitrogens with zero attached hydrogens (tertiary/aromatic N) is 6. The second-order valence-corrected chi connectivity index (χ2v) is 17.6. The zero-order valence-corrected chi connectivity index (χ0v) is 36.8. The summed E-state index contributed by atoms with van der Waals surface area (Å²) in [5.41, 5.74) is 4.82. The number of aliphatic hydroxyl groups is 1. The average Bonchev–Trinajstić information content (AvgIpc) is 3.77. The number of ether oxygens (including phenoxy) is 5. The Morgan fingerprint density at radius 1 is 1.07 bits per heavy atom. The summed E-state index contributed by atoms with van der Waals surface area (Å²) in [6.45, 7) is 16.4. The van der Waals surface area contributed by atoms with E-state index in [1.54, 1.807) is 29.7 Å². The van der Waals surface area contributed by atoms with Crippen LogP contribution in [0, 0.1) is 17.8 Å². The highest BCUT2D eigenvalue weighted by atomic mass is 16.7. The highest BCUT2D eigenvalue weighted by Crippen LogP contribution is 2.40. The quantitative estimate of drug-likeness (QED) is 0.168. The number of cyclic esters (lactones) is 1. The predicted octanol–water partition coefficient (Wildman–Crippen LogP) is 3.68. The van der Waals surface area contributed by atoms with Crippen LogP contribution in [0.15, 0.2) is 24.4 Å². The van der Waals surface area contributed by atoms with Gasteiger partial charge in [0.2, 0.25) is 0 Å². The second kappa shape index (κ2) is 19.3. The number of nitrogens with one attached hydrogen (secondary N) is 1. The van der Waals surface area contributed by atoms with Crippen LogP contribution in [0.1, 0.15) is 87.5 Å². The van der Waals surface area contributed by atoms with Crippen LogP contribution in [-0.2, 0) is 39.8 Å². The number of amides is 1. The van der Waals surface area contributed by atoms with Crippen molar-refractivity contribution in [3.05, 3.63) is 24.4 Å². The molecule has 5 heterocycles. The molecule has 13 atom stereocenters. The van der Waals surface area contributed by atoms with Gasteiger partial charge < -0.3 is 44.7 Å². The second-order valence-electron chi connectivity index (χ2n) is 17.6. The van der Waals surface area contributed by atoms with E-state index in [1.807, 2.05) is 71.9 Å². The number of pyridine rings is 1. The number of unbranched alkanes of at least 4 members (excludes halogenated alkanes) is 1. The van der Waals surface area contributed by atoms with E-state index in [4.69, 9.17) is 29.4 Å². The zero-order chi connectivity index (χ0) is 43.4. The molecule has 0 aliphatic carbocycles. The van der Waals surface area contributed by atoms with Crippen molar-refractivity contribution >= 4 is 23.7 Å². The Morgan fingerprint density at radius 2 is 1.78 bits per heavy atom. The molecule has 4 N–H and O–H groups in total. The number of methoxy groups -OCH3 is 1. The van der Waals surface area contributed by atoms with Gasteiger partial charge in [0.1, 0.15) is 29.6 Å². The summed E-state index contributed by atoms with van der Waals surface area (Å²) in [6, 6.07) is 4.30. The van der Waals surface area contributed by atoms with Crippen molar-refractivity contribution in [2.45, 2.75) is 154 Å². The molecular weight excluding hydrogens is 761 g/mol. The molecule has 3 fully saturated rings. The lowest BCUT2D eigenvalue weighted by Crippen LogP contribution is -2.61. The molecule has 0 spiro atoms. The SMILES string of the molecule is CC[C@H]1OC(=O)[C@H](C)C(=O)[C@H](C)[C@@H](O[C@@H]2OC(C)CC(N(C)C)C2O)[C@](C)(OC)C[C@@H](C)CN[C@H](C)[C@H]2N(CCCCn3cc(-c4cccc(N)n4)nn3)C(=O)O[C@]12C. The molecule has 3 saturated heterocycles. The van der Waals surface area contributed by atoms with Gasteiger partial charge >= 0.3 is 12.1 Å². The Kier molecular flexibility index (Phi) is 15.2. The van der Waals surface area contributed by atoms with E-state index in [-0.39, 0.29) is 24.1 Å². The maximum atomic E-state index is 14.4. The van der Waals surface area contributed by atoms with Crippen LogP contribution >= 0.6 is 0 Å². The van der Waals surface area contributed by atoms with Gasteiger partial charge in [0.15, 0.2) is 17.7 Å². The fourth-order valence-electron chi connectivity index (χ4n) is 9.33. The maximum absolute atomic E-state index is 14.4. The number of hydrogen-bond acceptors (Lipinski definition) is 15. The highest BCUT2D eigenvalue weighted by molar-refractivity contribution is 6.00. The van der Waals surface area contributed by atoms with Crippen molar-refractivity contribution < 1.29 is 43.2 Å². The zero-order valence-electron chi connectivity index (χ0n) is 36.8. The predicted molar refractivity (Wildman–Crippen MR) is 220 cm³/mol. The van der Waals surface area contributed by atoms with Crippen molar-refractivity contribution in [3.63, 3.8) is 0 Å². The molecule has 1 amide bonds. The summed E-state index contributed by atoms with van der Waals surface area (Å²) in [7, 11) is 5.39. The summed E-state index contributed by atoms with van der Waals surface area (Å²) in [4.78, 5) is 50.2. The molecular formula is C42H68N8O9. The van der Waals surface area contributed by atoms with Crippen LogP contribution in [0.3, 0.4) is 0 Å². The van der Waals surface area contributed by atoms with E-state index in [0.717, 1.165) is 0 Å². The number of rotatable bonds is 11. The highest BCUT2D eigenvalue weighted by Gasteiger charge is 2.58. The summed E-state index contributed by atoms with van der Waals surface area (Å²) in [5, 5.41) is 23.6. The van der Waals surface area contributed by atoms with Crippen LogP contribution in [0.4, 0.5) is 10.6 Å². The number of nitrogens with two attached hydrogens (primary N) is 1. The Morgan fingerprint density at radius 3 is 2.44 bits per heavy atom. The first-order valence-corrected chi connectivity index (χ1v) is 21.1. The number of nitrogen functional groups attached to an aromatic ring is 1. The minimum Gasteiger partial charge on any atom is -0.458 e. The van der Waals surface area contributed by atoms with Gasteiger partial charge in [-0.15, -0.1) is 5.10 Å². The number of anilines is 1. The van der Waals surface area contributed by atoms with E-state index < -0.39 is 71.5 Å². The van der Waals surface area contributed by atoms with Gasteiger partial charge in [-0.25, -0.2) is 9.78 Å². The molecule has 17 nitrogen and oxygen atoms in total. The summed E-state index contributed by atoms with van der Waals surface area (Å²) >= 11 is 0. The number of fused-ring (bicyclic) bond motifs is 1. The number of Topliss-reactive ketones (excluding diaryl/α,β-unsaturated/α-hetero) is 1. The average molecular weight is 829 g/mol. The molecule has 0 radical (unpaired) electrons. The number of aryl methyl sites for hydroxylation is 1. The van der Waals surface area contributed by atoms with Gasteiger partial charge in [0.05, 0.1) is 35.7 Å². The molecule has 2 aromatic heterocycles. The number of carbonyl (C=O) groups excluding carboxylic acids is 3. The van der Waals surface area contributed by atoms with Gasteiger partial charge in [0, 0.05) is 38.2 Å². The summed E-state index contributed by atoms with van der Waals surface area (Å²) < 4.78 is 33.2. The van der Waals surface area contributed by atoms with E-state index >= 15 is 0 Å². The first-order valence-electron chi connectivity index (χ1n) is 21.1. The summed E-state index contributed by atoms with van der Waals surface area (Å²) in [5.74, 6) is -2.78. The van der Waals surface area contributed by atoms with Crippen molar-refractivity contribution in [2.75, 3.05) is 40.0 Å². The molecule has 59 heavy (non-hydrogen) atoms. The topological polar surface area (TPSA) is 206 Å². The smallest absolute Gasteiger partial charge is 0.410 e. The van der Waals surface area contributed by atoms with Gasteiger partial charge in [-0.3, -0.25) is 19.2 Å². The van der Waals surface area contributed by atoms with Crippen LogP contribution in [0.5, 0.6) is 0 Å². The molecule has 3 aliphatic heterocycles. The molecule has 3 unspecified atom stereocenters. The molecule has 0 saturated carbocycles. The third-order valence-corrected chi connectivity index (χ3v) is 12.7. The molecule has 2 aromatic rings. The Hall–Kier alpha value is -3.74. The first-order chi connectivity index (χ1) is 27.8. The fraction of sp³-hybridized carbons (Fsp3) is 0.762. The van der Waals surface area contributed by atoms with Crippen LogP contribution < -0.4 is 11.1 Å². The van der Waals surface area contributed by atoms with Gasteiger partial charge in [-0.05, 0) is 105 Å². The minimum absolute atomic E-state index is 0.0170. The van der Waals surface area contributed by atoms with Crippen LogP contribution in [0.2, 0.25) is 0 Å². The van der Waals surface area contributed by atoms with Crippen molar-refractivity contribution in [1.29, 1.82) is 0 Å². The fourth-order valence-corrected chi connectivity index (χ4v) is 9.33. The van der Waals surface area contributed by atoms with E-state index in [1.165, 1.54) is 6.92 Å². The van der Waals surface area contributed by atoms with E-state index in [9.17, 15) is 19.5 Å². The summed E-state index contributed by atoms with van der Waals surface area (Å²) in [6.07, 6.45) is 0.0604. The van der Waals surface area contributed by atoms with E-state index in [0.29, 0.717) is 68.9 Å². The number of hydrogen-bond donors (Lipinski definition) is 3. The molecule has 0 aromatic carbocycles. The van der Waals surface area contributed by atoms with Gasteiger partial charge in [-0.1, -0.05) is 32.1 Å². The number of aliphatic hydroxyl groups excluding tert-OH is 1. The third-order valence-electron chi connectivity index (χ3n) is 12.7. The normalized spacial score (nSPS) is 36.5. The number of carbonyl (C=O) groups is 3. The monoisotopic (exact) mass is 829 g/mol. The lowest BCUT2D eigenvalue weighted by molar-refractivity contribution is -0.295. The largest absolute Gasteiger partial charge is 0.458 e. The minimum atomic E-state index is -1.24. The molecule has 17 heteroatoms. The Balaban J connectivity index is 1.38. The van der Waals surface area contributed by atoms with Gasteiger partial charge in [-0.2, -0.15) is 0 Å². The van der Waals surface area contributed by atoms with Crippen LogP contribution in [0.25, 0.3) is 11.4 Å².